The molecule has 1 aromatic carbocycles. The molecule has 2 aromatic rings. The van der Waals surface area contributed by atoms with Gasteiger partial charge in [0.25, 0.3) is 5.22 Å². The number of halogens is 1. The summed E-state index contributed by atoms with van der Waals surface area (Å²) in [5, 5.41) is 9.45. The average Bonchev–Trinajstić information content (AvgIpc) is 3.21. The van der Waals surface area contributed by atoms with Crippen LogP contribution in [0.2, 0.25) is 5.02 Å². The Morgan fingerprint density at radius 2 is 2.08 bits per heavy atom. The van der Waals surface area contributed by atoms with E-state index >= 15 is 0 Å². The van der Waals surface area contributed by atoms with Gasteiger partial charge in [0.05, 0.1) is 0 Å². The first-order valence-electron chi connectivity index (χ1n) is 8.52. The van der Waals surface area contributed by atoms with Crippen LogP contribution in [0.1, 0.15) is 51.1 Å². The molecule has 6 nitrogen and oxygen atoms in total. The van der Waals surface area contributed by atoms with E-state index in [1.165, 1.54) is 11.8 Å². The van der Waals surface area contributed by atoms with E-state index in [1.807, 2.05) is 45.0 Å². The number of ether oxygens (including phenoxy) is 1. The van der Waals surface area contributed by atoms with Gasteiger partial charge in [0.1, 0.15) is 11.6 Å². The monoisotopic (exact) mass is 395 g/mol. The van der Waals surface area contributed by atoms with Crippen molar-refractivity contribution in [2.45, 2.75) is 56.2 Å². The first kappa shape index (κ1) is 19.0. The van der Waals surface area contributed by atoms with Crippen molar-refractivity contribution in [3.05, 3.63) is 40.7 Å². The van der Waals surface area contributed by atoms with Gasteiger partial charge in [0.2, 0.25) is 5.89 Å². The van der Waals surface area contributed by atoms with Crippen LogP contribution in [0.3, 0.4) is 0 Å². The molecular weight excluding hydrogens is 374 g/mol. The molecule has 1 aliphatic heterocycles. The predicted molar refractivity (Wildman–Crippen MR) is 100 cm³/mol. The summed E-state index contributed by atoms with van der Waals surface area (Å²) in [5.74, 6) is 1.17. The highest BCUT2D eigenvalue weighted by molar-refractivity contribution is 7.98. The number of rotatable bonds is 4. The minimum absolute atomic E-state index is 0.220. The summed E-state index contributed by atoms with van der Waals surface area (Å²) >= 11 is 7.35. The van der Waals surface area contributed by atoms with Gasteiger partial charge >= 0.3 is 6.09 Å². The number of hydrogen-bond acceptors (Lipinski definition) is 6. The number of amides is 1. The van der Waals surface area contributed by atoms with Crippen LogP contribution in [-0.4, -0.2) is 33.3 Å². The number of nitrogens with zero attached hydrogens (tertiary/aromatic N) is 3. The summed E-state index contributed by atoms with van der Waals surface area (Å²) < 4.78 is 11.3. The summed E-state index contributed by atoms with van der Waals surface area (Å²) in [7, 11) is 0. The van der Waals surface area contributed by atoms with Crippen molar-refractivity contribution < 1.29 is 13.9 Å². The van der Waals surface area contributed by atoms with Gasteiger partial charge in [-0.25, -0.2) is 4.79 Å². The van der Waals surface area contributed by atoms with Crippen LogP contribution in [0.15, 0.2) is 33.9 Å². The molecule has 1 atom stereocenters. The van der Waals surface area contributed by atoms with Gasteiger partial charge in [-0.2, -0.15) is 0 Å². The molecule has 8 heteroatoms. The van der Waals surface area contributed by atoms with Gasteiger partial charge < -0.3 is 9.15 Å². The van der Waals surface area contributed by atoms with Crippen LogP contribution in [-0.2, 0) is 10.5 Å². The van der Waals surface area contributed by atoms with Gasteiger partial charge in [-0.3, -0.25) is 4.90 Å². The first-order valence-corrected chi connectivity index (χ1v) is 9.88. The van der Waals surface area contributed by atoms with Crippen LogP contribution in [0.5, 0.6) is 0 Å². The molecule has 26 heavy (non-hydrogen) atoms. The maximum Gasteiger partial charge on any atom is 0.410 e. The lowest BCUT2D eigenvalue weighted by Gasteiger charge is -2.27. The number of carbonyl (C=O) groups is 1. The molecule has 3 rings (SSSR count). The minimum atomic E-state index is -0.529. The molecule has 0 aliphatic carbocycles. The van der Waals surface area contributed by atoms with Gasteiger partial charge in [0, 0.05) is 17.3 Å². The van der Waals surface area contributed by atoms with E-state index in [1.54, 1.807) is 4.90 Å². The van der Waals surface area contributed by atoms with E-state index in [-0.39, 0.29) is 12.1 Å². The number of carbonyl (C=O) groups excluding carboxylic acids is 1. The zero-order chi connectivity index (χ0) is 18.7. The Kier molecular flexibility index (Phi) is 5.77. The second kappa shape index (κ2) is 7.88. The molecule has 1 aromatic heterocycles. The Hall–Kier alpha value is -1.73. The summed E-state index contributed by atoms with van der Waals surface area (Å²) in [6.07, 6.45) is 1.34. The standard InChI is InChI=1S/C18H22ClN3O3S/c1-18(2,3)25-17(23)22-10-4-5-14(22)15-20-21-16(24-15)26-11-12-6-8-13(19)9-7-12/h6-9,14H,4-5,10-11H2,1-3H3/t14-/m1/s1. The Morgan fingerprint density at radius 1 is 1.35 bits per heavy atom. The Bertz CT molecular complexity index is 758. The van der Waals surface area contributed by atoms with E-state index in [9.17, 15) is 4.79 Å². The number of aromatic nitrogens is 2. The molecule has 0 N–H and O–H groups in total. The molecule has 1 fully saturated rings. The van der Waals surface area contributed by atoms with E-state index in [2.05, 4.69) is 10.2 Å². The molecule has 1 saturated heterocycles. The number of thioether (sulfide) groups is 1. The molecule has 1 aliphatic rings. The zero-order valence-corrected chi connectivity index (χ0v) is 16.6. The second-order valence-corrected chi connectivity index (χ2v) is 8.52. The van der Waals surface area contributed by atoms with Crippen LogP contribution in [0.25, 0.3) is 0 Å². The fourth-order valence-electron chi connectivity index (χ4n) is 2.70. The lowest BCUT2D eigenvalue weighted by atomic mass is 10.2. The van der Waals surface area contributed by atoms with Crippen LogP contribution < -0.4 is 0 Å². The van der Waals surface area contributed by atoms with Crippen molar-refractivity contribution in [2.24, 2.45) is 0 Å². The lowest BCUT2D eigenvalue weighted by Crippen LogP contribution is -2.36. The molecule has 0 saturated carbocycles. The minimum Gasteiger partial charge on any atom is -0.444 e. The first-order chi connectivity index (χ1) is 12.3. The Labute approximate surface area is 162 Å². The third-order valence-electron chi connectivity index (χ3n) is 3.86. The van der Waals surface area contributed by atoms with Gasteiger partial charge in [-0.05, 0) is 51.3 Å². The molecule has 0 unspecified atom stereocenters. The highest BCUT2D eigenvalue weighted by atomic mass is 35.5. The molecule has 0 radical (unpaired) electrons. The SMILES string of the molecule is CC(C)(C)OC(=O)N1CCC[C@@H]1c1nnc(SCc2ccc(Cl)cc2)o1. The normalized spacial score (nSPS) is 17.5. The van der Waals surface area contributed by atoms with E-state index in [0.717, 1.165) is 18.4 Å². The number of benzene rings is 1. The van der Waals surface area contributed by atoms with E-state index < -0.39 is 5.60 Å². The number of hydrogen-bond donors (Lipinski definition) is 0. The Morgan fingerprint density at radius 3 is 2.77 bits per heavy atom. The molecule has 1 amide bonds. The summed E-state index contributed by atoms with van der Waals surface area (Å²) in [4.78, 5) is 14.1. The van der Waals surface area contributed by atoms with Crippen molar-refractivity contribution in [3.63, 3.8) is 0 Å². The summed E-state index contributed by atoms with van der Waals surface area (Å²) in [6.45, 7) is 6.20. The van der Waals surface area contributed by atoms with E-state index in [0.29, 0.717) is 28.4 Å². The van der Waals surface area contributed by atoms with Crippen LogP contribution in [0.4, 0.5) is 4.79 Å². The topological polar surface area (TPSA) is 68.5 Å². The predicted octanol–water partition coefficient (Wildman–Crippen LogP) is 5.09. The van der Waals surface area contributed by atoms with Crippen LogP contribution in [0, 0.1) is 0 Å². The van der Waals surface area contributed by atoms with Gasteiger partial charge in [-0.15, -0.1) is 10.2 Å². The zero-order valence-electron chi connectivity index (χ0n) is 15.1. The van der Waals surface area contributed by atoms with Crippen molar-refractivity contribution in [2.75, 3.05) is 6.54 Å². The number of likely N-dealkylation sites (tertiary alicyclic amines) is 1. The quantitative estimate of drug-likeness (QED) is 0.672. The summed E-state index contributed by atoms with van der Waals surface area (Å²) in [5.41, 5.74) is 0.592. The summed E-state index contributed by atoms with van der Waals surface area (Å²) in [6, 6.07) is 7.42. The van der Waals surface area contributed by atoms with Crippen molar-refractivity contribution in [1.82, 2.24) is 15.1 Å². The second-order valence-electron chi connectivity index (χ2n) is 7.15. The highest BCUT2D eigenvalue weighted by Gasteiger charge is 2.36. The lowest BCUT2D eigenvalue weighted by molar-refractivity contribution is 0.0201. The molecular formula is C18H22ClN3O3S. The van der Waals surface area contributed by atoms with E-state index in [4.69, 9.17) is 20.8 Å². The highest BCUT2D eigenvalue weighted by Crippen LogP contribution is 2.34. The third-order valence-corrected chi connectivity index (χ3v) is 5.01. The third kappa shape index (κ3) is 4.92. The molecule has 2 heterocycles. The largest absolute Gasteiger partial charge is 0.444 e. The van der Waals surface area contributed by atoms with Crippen molar-refractivity contribution in [1.29, 1.82) is 0 Å². The van der Waals surface area contributed by atoms with Gasteiger partial charge in [-0.1, -0.05) is 35.5 Å². The maximum atomic E-state index is 12.4. The van der Waals surface area contributed by atoms with Gasteiger partial charge in [0.15, 0.2) is 0 Å². The fraction of sp³-hybridized carbons (Fsp3) is 0.500. The van der Waals surface area contributed by atoms with Crippen molar-refractivity contribution in [3.8, 4) is 0 Å². The average molecular weight is 396 g/mol. The van der Waals surface area contributed by atoms with Crippen molar-refractivity contribution >= 4 is 29.5 Å². The fourth-order valence-corrected chi connectivity index (χ4v) is 3.55. The molecule has 140 valence electrons. The Balaban J connectivity index is 1.62. The van der Waals surface area contributed by atoms with Crippen LogP contribution >= 0.6 is 23.4 Å². The molecule has 0 bridgehead atoms. The maximum absolute atomic E-state index is 12.4. The smallest absolute Gasteiger partial charge is 0.410 e. The molecule has 0 spiro atoms.